The first kappa shape index (κ1) is 24.2. The molecule has 0 atom stereocenters. The van der Waals surface area contributed by atoms with Crippen molar-refractivity contribution in [3.8, 4) is 0 Å². The van der Waals surface area contributed by atoms with Gasteiger partial charge < -0.3 is 10.1 Å². The Morgan fingerprint density at radius 2 is 1.61 bits per heavy atom. The summed E-state index contributed by atoms with van der Waals surface area (Å²) < 4.78 is 31.7. The number of imide groups is 1. The fraction of sp³-hybridized carbons (Fsp3) is 0.348. The second-order valence-corrected chi connectivity index (χ2v) is 9.73. The van der Waals surface area contributed by atoms with Gasteiger partial charge in [-0.15, -0.1) is 0 Å². The van der Waals surface area contributed by atoms with Gasteiger partial charge >= 0.3 is 12.0 Å². The van der Waals surface area contributed by atoms with Crippen molar-refractivity contribution < 1.29 is 27.5 Å². The molecule has 0 heterocycles. The van der Waals surface area contributed by atoms with Crippen molar-refractivity contribution in [2.75, 3.05) is 18.0 Å². The van der Waals surface area contributed by atoms with E-state index >= 15 is 0 Å². The molecule has 1 fully saturated rings. The molecule has 2 aromatic rings. The minimum absolute atomic E-state index is 0.00234. The number of benzene rings is 2. The second kappa shape index (κ2) is 11.0. The first-order chi connectivity index (χ1) is 15.8. The molecular formula is C23H27N3O6S. The van der Waals surface area contributed by atoms with E-state index in [1.165, 1.54) is 31.3 Å². The normalized spacial score (nSPS) is 14.2. The van der Waals surface area contributed by atoms with Crippen LogP contribution in [0, 0.1) is 0 Å². The molecule has 0 unspecified atom stereocenters. The Bertz CT molecular complexity index is 1080. The molecule has 1 aliphatic rings. The standard InChI is InChI=1S/C23H27N3O6S/c1-26(19-10-6-3-7-11-19)33(30,31)20-14-12-17(13-15-20)22(28)32-16-21(27)25-23(29)24-18-8-4-2-5-9-18/h3,6-7,10-15,18H,2,4-5,8-9,16H2,1H3,(H2,24,25,27,29). The maximum atomic E-state index is 12.8. The van der Waals surface area contributed by atoms with Gasteiger partial charge in [0.1, 0.15) is 0 Å². The zero-order valence-corrected chi connectivity index (χ0v) is 19.1. The van der Waals surface area contributed by atoms with E-state index in [0.717, 1.165) is 36.4 Å². The summed E-state index contributed by atoms with van der Waals surface area (Å²) in [5.41, 5.74) is 0.579. The minimum Gasteiger partial charge on any atom is -0.452 e. The fourth-order valence-electron chi connectivity index (χ4n) is 3.54. The molecule has 0 aromatic heterocycles. The number of carbonyl (C=O) groups excluding carboxylic acids is 3. The molecule has 33 heavy (non-hydrogen) atoms. The minimum atomic E-state index is -3.81. The Hall–Kier alpha value is -3.40. The predicted octanol–water partition coefficient (Wildman–Crippen LogP) is 2.83. The number of anilines is 1. The third kappa shape index (κ3) is 6.55. The van der Waals surface area contributed by atoms with Crippen LogP contribution in [0.1, 0.15) is 42.5 Å². The lowest BCUT2D eigenvalue weighted by molar-refractivity contribution is -0.123. The van der Waals surface area contributed by atoms with Gasteiger partial charge in [0.05, 0.1) is 16.1 Å². The maximum absolute atomic E-state index is 12.8. The van der Waals surface area contributed by atoms with Gasteiger partial charge in [-0.25, -0.2) is 18.0 Å². The van der Waals surface area contributed by atoms with Crippen LogP contribution in [0.3, 0.4) is 0 Å². The zero-order valence-electron chi connectivity index (χ0n) is 18.3. The molecule has 0 aliphatic heterocycles. The van der Waals surface area contributed by atoms with Crippen molar-refractivity contribution in [1.29, 1.82) is 0 Å². The Morgan fingerprint density at radius 3 is 2.24 bits per heavy atom. The molecule has 9 nitrogen and oxygen atoms in total. The van der Waals surface area contributed by atoms with Crippen LogP contribution in [-0.2, 0) is 19.6 Å². The molecule has 3 amide bonds. The first-order valence-corrected chi connectivity index (χ1v) is 12.1. The quantitative estimate of drug-likeness (QED) is 0.597. The summed E-state index contributed by atoms with van der Waals surface area (Å²) in [4.78, 5) is 36.0. The number of hydrogen-bond donors (Lipinski definition) is 2. The lowest BCUT2D eigenvalue weighted by Crippen LogP contribution is -2.46. The summed E-state index contributed by atoms with van der Waals surface area (Å²) in [5.74, 6) is -1.56. The van der Waals surface area contributed by atoms with Gasteiger partial charge in [-0.1, -0.05) is 37.5 Å². The van der Waals surface area contributed by atoms with Gasteiger partial charge in [0, 0.05) is 13.1 Å². The molecule has 2 N–H and O–H groups in total. The summed E-state index contributed by atoms with van der Waals surface area (Å²) in [5, 5.41) is 4.88. The van der Waals surface area contributed by atoms with Gasteiger partial charge in [-0.05, 0) is 49.2 Å². The molecule has 176 valence electrons. The summed E-state index contributed by atoms with van der Waals surface area (Å²) >= 11 is 0. The van der Waals surface area contributed by atoms with Crippen molar-refractivity contribution >= 4 is 33.6 Å². The average molecular weight is 474 g/mol. The Kier molecular flexibility index (Phi) is 8.05. The highest BCUT2D eigenvalue weighted by Gasteiger charge is 2.22. The SMILES string of the molecule is CN(c1ccccc1)S(=O)(=O)c1ccc(C(=O)OCC(=O)NC(=O)NC2CCCCC2)cc1. The lowest BCUT2D eigenvalue weighted by atomic mass is 9.96. The highest BCUT2D eigenvalue weighted by molar-refractivity contribution is 7.92. The molecule has 0 radical (unpaired) electrons. The van der Waals surface area contributed by atoms with Gasteiger partial charge in [0.15, 0.2) is 6.61 Å². The van der Waals surface area contributed by atoms with Crippen molar-refractivity contribution in [3.63, 3.8) is 0 Å². The summed E-state index contributed by atoms with van der Waals surface area (Å²) in [6.45, 7) is -0.631. The predicted molar refractivity (Wildman–Crippen MR) is 122 cm³/mol. The Morgan fingerprint density at radius 1 is 0.970 bits per heavy atom. The highest BCUT2D eigenvalue weighted by Crippen LogP contribution is 2.22. The van der Waals surface area contributed by atoms with Crippen molar-refractivity contribution in [1.82, 2.24) is 10.6 Å². The number of ether oxygens (including phenoxy) is 1. The number of esters is 1. The molecule has 2 aromatic carbocycles. The number of urea groups is 1. The molecule has 3 rings (SSSR count). The molecule has 1 aliphatic carbocycles. The number of nitrogens with one attached hydrogen (secondary N) is 2. The number of hydrogen-bond acceptors (Lipinski definition) is 6. The van der Waals surface area contributed by atoms with Crippen LogP contribution in [0.4, 0.5) is 10.5 Å². The maximum Gasteiger partial charge on any atom is 0.338 e. The number of nitrogens with zero attached hydrogens (tertiary/aromatic N) is 1. The van der Waals surface area contributed by atoms with Crippen molar-refractivity contribution in [2.24, 2.45) is 0 Å². The van der Waals surface area contributed by atoms with Crippen LogP contribution in [-0.4, -0.2) is 46.0 Å². The lowest BCUT2D eigenvalue weighted by Gasteiger charge is -2.22. The van der Waals surface area contributed by atoms with E-state index in [2.05, 4.69) is 10.6 Å². The van der Waals surface area contributed by atoms with Crippen LogP contribution in [0.25, 0.3) is 0 Å². The van der Waals surface area contributed by atoms with Crippen LogP contribution in [0.5, 0.6) is 0 Å². The molecular weight excluding hydrogens is 446 g/mol. The summed E-state index contributed by atoms with van der Waals surface area (Å²) in [6.07, 6.45) is 4.98. The highest BCUT2D eigenvalue weighted by atomic mass is 32.2. The number of sulfonamides is 1. The van der Waals surface area contributed by atoms with E-state index in [-0.39, 0.29) is 16.5 Å². The Labute approximate surface area is 193 Å². The molecule has 10 heteroatoms. The summed E-state index contributed by atoms with van der Waals surface area (Å²) in [6, 6.07) is 13.2. The van der Waals surface area contributed by atoms with Crippen LogP contribution in [0.15, 0.2) is 59.5 Å². The van der Waals surface area contributed by atoms with Crippen LogP contribution in [0.2, 0.25) is 0 Å². The number of rotatable bonds is 7. The van der Waals surface area contributed by atoms with E-state index < -0.39 is 34.5 Å². The van der Waals surface area contributed by atoms with E-state index in [4.69, 9.17) is 4.74 Å². The van der Waals surface area contributed by atoms with Gasteiger partial charge in [-0.2, -0.15) is 0 Å². The number of amides is 3. The van der Waals surface area contributed by atoms with Crippen LogP contribution >= 0.6 is 0 Å². The zero-order chi connectivity index (χ0) is 23.8. The monoisotopic (exact) mass is 473 g/mol. The van der Waals surface area contributed by atoms with Gasteiger partial charge in [0.2, 0.25) is 0 Å². The average Bonchev–Trinajstić information content (AvgIpc) is 2.83. The second-order valence-electron chi connectivity index (χ2n) is 7.77. The van der Waals surface area contributed by atoms with E-state index in [9.17, 15) is 22.8 Å². The third-order valence-electron chi connectivity index (χ3n) is 5.40. The fourth-order valence-corrected chi connectivity index (χ4v) is 4.74. The number of para-hydroxylation sites is 1. The van der Waals surface area contributed by atoms with Crippen LogP contribution < -0.4 is 14.9 Å². The third-order valence-corrected chi connectivity index (χ3v) is 7.20. The molecule has 0 saturated heterocycles. The largest absolute Gasteiger partial charge is 0.452 e. The van der Waals surface area contributed by atoms with E-state index in [0.29, 0.717) is 5.69 Å². The molecule has 0 spiro atoms. The van der Waals surface area contributed by atoms with Gasteiger partial charge in [0.25, 0.3) is 15.9 Å². The smallest absolute Gasteiger partial charge is 0.338 e. The molecule has 1 saturated carbocycles. The topological polar surface area (TPSA) is 122 Å². The van der Waals surface area contributed by atoms with Crippen molar-refractivity contribution in [3.05, 3.63) is 60.2 Å². The van der Waals surface area contributed by atoms with E-state index in [1.54, 1.807) is 30.3 Å². The number of carbonyl (C=O) groups is 3. The van der Waals surface area contributed by atoms with E-state index in [1.807, 2.05) is 0 Å². The van der Waals surface area contributed by atoms with Gasteiger partial charge in [-0.3, -0.25) is 14.4 Å². The Balaban J connectivity index is 1.51. The molecule has 0 bridgehead atoms. The summed E-state index contributed by atoms with van der Waals surface area (Å²) in [7, 11) is -2.37. The van der Waals surface area contributed by atoms with Crippen molar-refractivity contribution in [2.45, 2.75) is 43.0 Å². The first-order valence-electron chi connectivity index (χ1n) is 10.7.